The molecule has 1 aliphatic rings. The smallest absolute Gasteiger partial charge is 0.391 e. The summed E-state index contributed by atoms with van der Waals surface area (Å²) in [5.74, 6) is -1.92. The van der Waals surface area contributed by atoms with Gasteiger partial charge in [0.05, 0.1) is 18.7 Å². The number of hydrogen-bond donors (Lipinski definition) is 2. The predicted octanol–water partition coefficient (Wildman–Crippen LogP) is 4.01. The number of methoxy groups -OCH3 is 1. The van der Waals surface area contributed by atoms with Crippen LogP contribution in [0.15, 0.2) is 18.2 Å². The molecule has 8 heteroatoms. The van der Waals surface area contributed by atoms with Crippen LogP contribution in [0.3, 0.4) is 0 Å². The highest BCUT2D eigenvalue weighted by atomic mass is 35.5. The molecule has 2 atom stereocenters. The number of carbonyl (C=O) groups excluding carboxylic acids is 1. The maximum Gasteiger partial charge on any atom is 0.391 e. The largest absolute Gasteiger partial charge is 0.495 e. The third kappa shape index (κ3) is 4.92. The fourth-order valence-corrected chi connectivity index (χ4v) is 2.78. The van der Waals surface area contributed by atoms with Gasteiger partial charge in [0.2, 0.25) is 5.91 Å². The second-order valence-corrected chi connectivity index (χ2v) is 5.55. The van der Waals surface area contributed by atoms with Gasteiger partial charge in [0, 0.05) is 11.6 Å². The molecular weight excluding hydrogens is 333 g/mol. The molecule has 23 heavy (non-hydrogen) atoms. The average Bonchev–Trinajstić information content (AvgIpc) is 2.46. The number of nitrogen functional groups attached to an aromatic ring is 1. The van der Waals surface area contributed by atoms with Crippen LogP contribution in [0.2, 0.25) is 0 Å². The summed E-state index contributed by atoms with van der Waals surface area (Å²) < 4.78 is 43.3. The highest BCUT2D eigenvalue weighted by Crippen LogP contribution is 2.40. The van der Waals surface area contributed by atoms with Gasteiger partial charge in [-0.25, -0.2) is 0 Å². The second kappa shape index (κ2) is 7.77. The molecule has 0 heterocycles. The lowest BCUT2D eigenvalue weighted by Crippen LogP contribution is -2.34. The summed E-state index contributed by atoms with van der Waals surface area (Å²) in [6.45, 7) is 0. The summed E-state index contributed by atoms with van der Waals surface area (Å²) in [5, 5.41) is 2.63. The van der Waals surface area contributed by atoms with Crippen molar-refractivity contribution in [3.05, 3.63) is 18.2 Å². The van der Waals surface area contributed by atoms with Crippen LogP contribution in [-0.4, -0.2) is 19.2 Å². The number of benzene rings is 1. The fraction of sp³-hybridized carbons (Fsp3) is 0.533. The van der Waals surface area contributed by atoms with Crippen LogP contribution in [0, 0.1) is 11.8 Å². The zero-order chi connectivity index (χ0) is 16.3. The van der Waals surface area contributed by atoms with E-state index in [1.165, 1.54) is 13.2 Å². The first kappa shape index (κ1) is 19.4. The molecule has 1 amide bonds. The lowest BCUT2D eigenvalue weighted by molar-refractivity contribution is -0.185. The molecule has 1 saturated carbocycles. The van der Waals surface area contributed by atoms with Gasteiger partial charge in [-0.2, -0.15) is 13.2 Å². The molecule has 0 bridgehead atoms. The van der Waals surface area contributed by atoms with E-state index in [2.05, 4.69) is 5.32 Å². The third-order valence-electron chi connectivity index (χ3n) is 4.01. The van der Waals surface area contributed by atoms with Crippen molar-refractivity contribution in [2.45, 2.75) is 31.9 Å². The Bertz CT molecular complexity index is 552. The van der Waals surface area contributed by atoms with Gasteiger partial charge >= 0.3 is 6.18 Å². The van der Waals surface area contributed by atoms with Crippen molar-refractivity contribution >= 4 is 29.7 Å². The first-order valence-corrected chi connectivity index (χ1v) is 7.12. The number of ether oxygens (including phenoxy) is 1. The molecule has 0 spiro atoms. The topological polar surface area (TPSA) is 64.3 Å². The molecule has 4 nitrogen and oxygen atoms in total. The molecular formula is C15H20ClF3N2O2. The summed E-state index contributed by atoms with van der Waals surface area (Å²) in [5.41, 5.74) is 6.55. The van der Waals surface area contributed by atoms with Crippen molar-refractivity contribution in [1.29, 1.82) is 0 Å². The Morgan fingerprint density at radius 1 is 1.35 bits per heavy atom. The minimum Gasteiger partial charge on any atom is -0.495 e. The molecule has 0 aromatic heterocycles. The third-order valence-corrected chi connectivity index (χ3v) is 4.01. The maximum atomic E-state index is 12.8. The molecule has 3 N–H and O–H groups in total. The zero-order valence-corrected chi connectivity index (χ0v) is 13.5. The van der Waals surface area contributed by atoms with Crippen LogP contribution < -0.4 is 15.8 Å². The number of alkyl halides is 3. The molecule has 0 saturated heterocycles. The van der Waals surface area contributed by atoms with Crippen molar-refractivity contribution in [2.24, 2.45) is 11.8 Å². The Labute approximate surface area is 139 Å². The molecule has 130 valence electrons. The molecule has 1 aliphatic carbocycles. The normalized spacial score (nSPS) is 21.2. The van der Waals surface area contributed by atoms with Gasteiger partial charge in [0.1, 0.15) is 5.75 Å². The Balaban J connectivity index is 0.00000264. The van der Waals surface area contributed by atoms with Crippen LogP contribution in [0.5, 0.6) is 5.75 Å². The van der Waals surface area contributed by atoms with E-state index < -0.39 is 23.9 Å². The first-order chi connectivity index (χ1) is 10.3. The molecule has 1 aromatic carbocycles. The highest BCUT2D eigenvalue weighted by molar-refractivity contribution is 5.93. The van der Waals surface area contributed by atoms with E-state index in [1.807, 2.05) is 0 Å². The number of anilines is 2. The van der Waals surface area contributed by atoms with E-state index in [0.717, 1.165) is 0 Å². The van der Waals surface area contributed by atoms with Crippen molar-refractivity contribution < 1.29 is 22.7 Å². The van der Waals surface area contributed by atoms with Crippen molar-refractivity contribution in [1.82, 2.24) is 0 Å². The first-order valence-electron chi connectivity index (χ1n) is 7.12. The van der Waals surface area contributed by atoms with Crippen molar-refractivity contribution in [2.75, 3.05) is 18.2 Å². The standard InChI is InChI=1S/C15H19F3N2O2.ClH/c1-22-13-6-5-11(8-12(13)19)20-14(21)9-3-2-4-10(7-9)15(16,17)18;/h5-6,8-10H,2-4,7,19H2,1H3,(H,20,21);1H. The van der Waals surface area contributed by atoms with Gasteiger partial charge in [0.25, 0.3) is 0 Å². The van der Waals surface area contributed by atoms with Crippen molar-refractivity contribution in [3.63, 3.8) is 0 Å². The van der Waals surface area contributed by atoms with Gasteiger partial charge in [-0.05, 0) is 37.5 Å². The number of halogens is 4. The van der Waals surface area contributed by atoms with Crippen LogP contribution in [0.25, 0.3) is 0 Å². The van der Waals surface area contributed by atoms with Gasteiger partial charge in [-0.15, -0.1) is 12.4 Å². The summed E-state index contributed by atoms with van der Waals surface area (Å²) >= 11 is 0. The van der Waals surface area contributed by atoms with Crippen LogP contribution in [-0.2, 0) is 4.79 Å². The number of amides is 1. The maximum absolute atomic E-state index is 12.8. The van der Waals surface area contributed by atoms with Gasteiger partial charge in [0.15, 0.2) is 0 Å². The minimum absolute atomic E-state index is 0. The molecule has 0 radical (unpaired) electrons. The fourth-order valence-electron chi connectivity index (χ4n) is 2.78. The minimum atomic E-state index is -4.23. The van der Waals surface area contributed by atoms with E-state index in [0.29, 0.717) is 30.0 Å². The molecule has 1 aromatic rings. The molecule has 1 fully saturated rings. The van der Waals surface area contributed by atoms with Crippen molar-refractivity contribution in [3.8, 4) is 5.75 Å². The van der Waals surface area contributed by atoms with E-state index in [9.17, 15) is 18.0 Å². The quantitative estimate of drug-likeness (QED) is 0.808. The number of nitrogens with one attached hydrogen (secondary N) is 1. The van der Waals surface area contributed by atoms with E-state index in [4.69, 9.17) is 10.5 Å². The van der Waals surface area contributed by atoms with E-state index >= 15 is 0 Å². The Kier molecular flexibility index (Phi) is 6.56. The summed E-state index contributed by atoms with van der Waals surface area (Å²) in [6.07, 6.45) is -3.40. The molecule has 2 rings (SSSR count). The number of carbonyl (C=O) groups is 1. The summed E-state index contributed by atoms with van der Waals surface area (Å²) in [6, 6.07) is 4.74. The Morgan fingerprint density at radius 2 is 2.04 bits per heavy atom. The van der Waals surface area contributed by atoms with Crippen LogP contribution in [0.4, 0.5) is 24.5 Å². The average molecular weight is 353 g/mol. The number of hydrogen-bond acceptors (Lipinski definition) is 3. The Morgan fingerprint density at radius 3 is 2.61 bits per heavy atom. The second-order valence-electron chi connectivity index (χ2n) is 5.55. The van der Waals surface area contributed by atoms with Crippen LogP contribution >= 0.6 is 12.4 Å². The van der Waals surface area contributed by atoms with E-state index in [-0.39, 0.29) is 25.2 Å². The van der Waals surface area contributed by atoms with E-state index in [1.54, 1.807) is 12.1 Å². The summed E-state index contributed by atoms with van der Waals surface area (Å²) in [4.78, 5) is 12.2. The summed E-state index contributed by atoms with van der Waals surface area (Å²) in [7, 11) is 1.48. The molecule has 2 unspecified atom stereocenters. The zero-order valence-electron chi connectivity index (χ0n) is 12.7. The van der Waals surface area contributed by atoms with Gasteiger partial charge < -0.3 is 15.8 Å². The highest BCUT2D eigenvalue weighted by Gasteiger charge is 2.43. The Hall–Kier alpha value is -1.63. The van der Waals surface area contributed by atoms with Gasteiger partial charge in [-0.3, -0.25) is 4.79 Å². The van der Waals surface area contributed by atoms with Crippen LogP contribution in [0.1, 0.15) is 25.7 Å². The van der Waals surface area contributed by atoms with Gasteiger partial charge in [-0.1, -0.05) is 6.42 Å². The lowest BCUT2D eigenvalue weighted by Gasteiger charge is -2.29. The number of rotatable bonds is 3. The molecule has 0 aliphatic heterocycles. The number of nitrogens with two attached hydrogens (primary N) is 1. The predicted molar refractivity (Wildman–Crippen MR) is 84.8 cm³/mol. The monoisotopic (exact) mass is 352 g/mol. The SMILES string of the molecule is COc1ccc(NC(=O)C2CCCC(C(F)(F)F)C2)cc1N.Cl. The lowest BCUT2D eigenvalue weighted by atomic mass is 9.80.